The summed E-state index contributed by atoms with van der Waals surface area (Å²) in [5, 5.41) is 9.10. The largest absolute Gasteiger partial charge is 0.478 e. The SMILES string of the molecule is CN(Cc1ccccc1)C(C)(C)Cc1cccc(C(=O)O)c1. The summed E-state index contributed by atoms with van der Waals surface area (Å²) in [6, 6.07) is 17.6. The molecule has 0 bridgehead atoms. The molecule has 0 aliphatic carbocycles. The van der Waals surface area contributed by atoms with E-state index < -0.39 is 5.97 Å². The molecule has 0 fully saturated rings. The fourth-order valence-corrected chi connectivity index (χ4v) is 2.52. The normalized spacial score (nSPS) is 11.6. The van der Waals surface area contributed by atoms with E-state index in [1.807, 2.05) is 30.3 Å². The molecule has 0 saturated heterocycles. The van der Waals surface area contributed by atoms with Gasteiger partial charge in [-0.05, 0) is 50.6 Å². The molecular weight excluding hydrogens is 274 g/mol. The quantitative estimate of drug-likeness (QED) is 0.880. The summed E-state index contributed by atoms with van der Waals surface area (Å²) in [4.78, 5) is 13.4. The third-order valence-corrected chi connectivity index (χ3v) is 4.11. The number of hydrogen-bond acceptors (Lipinski definition) is 2. The van der Waals surface area contributed by atoms with Crippen molar-refractivity contribution in [2.75, 3.05) is 7.05 Å². The van der Waals surface area contributed by atoms with Gasteiger partial charge in [0.15, 0.2) is 0 Å². The highest BCUT2D eigenvalue weighted by Gasteiger charge is 2.24. The molecule has 0 aliphatic heterocycles. The number of benzene rings is 2. The lowest BCUT2D eigenvalue weighted by atomic mass is 9.92. The van der Waals surface area contributed by atoms with E-state index in [1.54, 1.807) is 12.1 Å². The topological polar surface area (TPSA) is 40.5 Å². The number of carboxylic acid groups (broad SMARTS) is 1. The van der Waals surface area contributed by atoms with Gasteiger partial charge in [-0.2, -0.15) is 0 Å². The average Bonchev–Trinajstić information content (AvgIpc) is 2.48. The maximum Gasteiger partial charge on any atom is 0.335 e. The summed E-state index contributed by atoms with van der Waals surface area (Å²) in [6.07, 6.45) is 0.803. The predicted octanol–water partition coefficient (Wildman–Crippen LogP) is 3.84. The van der Waals surface area contributed by atoms with Crippen molar-refractivity contribution in [1.82, 2.24) is 4.90 Å². The van der Waals surface area contributed by atoms with Gasteiger partial charge in [0, 0.05) is 12.1 Å². The van der Waals surface area contributed by atoms with E-state index in [0.717, 1.165) is 18.5 Å². The second-order valence-electron chi connectivity index (χ2n) is 6.34. The summed E-state index contributed by atoms with van der Waals surface area (Å²) in [5.41, 5.74) is 2.61. The zero-order chi connectivity index (χ0) is 16.2. The van der Waals surface area contributed by atoms with Gasteiger partial charge in [0.2, 0.25) is 0 Å². The standard InChI is InChI=1S/C19H23NO2/c1-19(2,20(3)14-15-8-5-4-6-9-15)13-16-10-7-11-17(12-16)18(21)22/h4-12H,13-14H2,1-3H3,(H,21,22). The molecule has 2 rings (SSSR count). The van der Waals surface area contributed by atoms with Gasteiger partial charge in [0.25, 0.3) is 0 Å². The van der Waals surface area contributed by atoms with Gasteiger partial charge < -0.3 is 5.11 Å². The fourth-order valence-electron chi connectivity index (χ4n) is 2.52. The minimum atomic E-state index is -0.878. The molecule has 0 spiro atoms. The lowest BCUT2D eigenvalue weighted by Gasteiger charge is -2.36. The van der Waals surface area contributed by atoms with Crippen molar-refractivity contribution in [3.05, 3.63) is 71.3 Å². The van der Waals surface area contributed by atoms with Crippen LogP contribution in [0.4, 0.5) is 0 Å². The smallest absolute Gasteiger partial charge is 0.335 e. The summed E-state index contributed by atoms with van der Waals surface area (Å²) >= 11 is 0. The lowest BCUT2D eigenvalue weighted by molar-refractivity contribution is 0.0696. The predicted molar refractivity (Wildman–Crippen MR) is 89.1 cm³/mol. The maximum absolute atomic E-state index is 11.1. The second-order valence-corrected chi connectivity index (χ2v) is 6.34. The van der Waals surface area contributed by atoms with Crippen LogP contribution in [0.5, 0.6) is 0 Å². The lowest BCUT2D eigenvalue weighted by Crippen LogP contribution is -2.42. The van der Waals surface area contributed by atoms with Gasteiger partial charge in [0.05, 0.1) is 5.56 Å². The first kappa shape index (κ1) is 16.2. The van der Waals surface area contributed by atoms with Crippen LogP contribution in [0.2, 0.25) is 0 Å². The minimum Gasteiger partial charge on any atom is -0.478 e. The number of carbonyl (C=O) groups is 1. The van der Waals surface area contributed by atoms with Crippen molar-refractivity contribution in [3.63, 3.8) is 0 Å². The van der Waals surface area contributed by atoms with Gasteiger partial charge in [-0.25, -0.2) is 4.79 Å². The molecule has 1 N–H and O–H groups in total. The van der Waals surface area contributed by atoms with Gasteiger partial charge in [-0.15, -0.1) is 0 Å². The molecule has 3 nitrogen and oxygen atoms in total. The van der Waals surface area contributed by atoms with E-state index in [4.69, 9.17) is 5.11 Å². The molecular formula is C19H23NO2. The van der Waals surface area contributed by atoms with Crippen molar-refractivity contribution in [1.29, 1.82) is 0 Å². The maximum atomic E-state index is 11.1. The molecule has 0 aromatic heterocycles. The Bertz CT molecular complexity index is 635. The van der Waals surface area contributed by atoms with Gasteiger partial charge in [0.1, 0.15) is 0 Å². The third kappa shape index (κ3) is 4.18. The first-order valence-electron chi connectivity index (χ1n) is 7.46. The fraction of sp³-hybridized carbons (Fsp3) is 0.316. The van der Waals surface area contributed by atoms with Crippen molar-refractivity contribution in [2.45, 2.75) is 32.4 Å². The van der Waals surface area contributed by atoms with Gasteiger partial charge >= 0.3 is 5.97 Å². The average molecular weight is 297 g/mol. The zero-order valence-electron chi connectivity index (χ0n) is 13.4. The number of hydrogen-bond donors (Lipinski definition) is 1. The van der Waals surface area contributed by atoms with Crippen LogP contribution < -0.4 is 0 Å². The van der Waals surface area contributed by atoms with Crippen molar-refractivity contribution < 1.29 is 9.90 Å². The molecule has 22 heavy (non-hydrogen) atoms. The number of likely N-dealkylation sites (N-methyl/N-ethyl adjacent to an activating group) is 1. The van der Waals surface area contributed by atoms with Gasteiger partial charge in [-0.1, -0.05) is 42.5 Å². The Morgan fingerprint density at radius 3 is 2.32 bits per heavy atom. The van der Waals surface area contributed by atoms with E-state index in [1.165, 1.54) is 5.56 Å². The molecule has 116 valence electrons. The van der Waals surface area contributed by atoms with Crippen LogP contribution in [0.15, 0.2) is 54.6 Å². The number of nitrogens with zero attached hydrogens (tertiary/aromatic N) is 1. The first-order chi connectivity index (χ1) is 10.4. The van der Waals surface area contributed by atoms with Crippen LogP contribution in [-0.2, 0) is 13.0 Å². The van der Waals surface area contributed by atoms with Gasteiger partial charge in [-0.3, -0.25) is 4.90 Å². The van der Waals surface area contributed by atoms with Crippen molar-refractivity contribution in [3.8, 4) is 0 Å². The van der Waals surface area contributed by atoms with E-state index in [-0.39, 0.29) is 5.54 Å². The van der Waals surface area contributed by atoms with Crippen LogP contribution in [0.25, 0.3) is 0 Å². The molecule has 2 aromatic carbocycles. The van der Waals surface area contributed by atoms with Crippen molar-refractivity contribution in [2.24, 2.45) is 0 Å². The molecule has 0 aliphatic rings. The Morgan fingerprint density at radius 2 is 1.68 bits per heavy atom. The first-order valence-corrected chi connectivity index (χ1v) is 7.46. The van der Waals surface area contributed by atoms with Crippen LogP contribution in [-0.4, -0.2) is 28.6 Å². The molecule has 3 heteroatoms. The summed E-state index contributed by atoms with van der Waals surface area (Å²) in [6.45, 7) is 5.24. The van der Waals surface area contributed by atoms with E-state index >= 15 is 0 Å². The summed E-state index contributed by atoms with van der Waals surface area (Å²) < 4.78 is 0. The Balaban J connectivity index is 2.09. The number of aromatic carboxylic acids is 1. The van der Waals surface area contributed by atoms with Crippen LogP contribution >= 0.6 is 0 Å². The number of carboxylic acids is 1. The van der Waals surface area contributed by atoms with Crippen LogP contribution in [0, 0.1) is 0 Å². The molecule has 0 heterocycles. The minimum absolute atomic E-state index is 0.0625. The zero-order valence-corrected chi connectivity index (χ0v) is 13.4. The van der Waals surface area contributed by atoms with Crippen LogP contribution in [0.3, 0.4) is 0 Å². The highest BCUT2D eigenvalue weighted by Crippen LogP contribution is 2.22. The highest BCUT2D eigenvalue weighted by atomic mass is 16.4. The molecule has 2 aromatic rings. The Kier molecular flexibility index (Phi) is 4.99. The Hall–Kier alpha value is -2.13. The molecule has 0 unspecified atom stereocenters. The third-order valence-electron chi connectivity index (χ3n) is 4.11. The van der Waals surface area contributed by atoms with Crippen LogP contribution in [0.1, 0.15) is 35.3 Å². The molecule has 0 saturated carbocycles. The Labute approximate surface area is 132 Å². The van der Waals surface area contributed by atoms with Crippen molar-refractivity contribution >= 4 is 5.97 Å². The molecule has 0 radical (unpaired) electrons. The molecule has 0 amide bonds. The monoisotopic (exact) mass is 297 g/mol. The Morgan fingerprint density at radius 1 is 1.05 bits per heavy atom. The van der Waals surface area contributed by atoms with E-state index in [9.17, 15) is 4.79 Å². The van der Waals surface area contributed by atoms with E-state index in [2.05, 4.69) is 37.9 Å². The second kappa shape index (κ2) is 6.75. The van der Waals surface area contributed by atoms with E-state index in [0.29, 0.717) is 5.56 Å². The summed E-state index contributed by atoms with van der Waals surface area (Å²) in [7, 11) is 2.11. The summed E-state index contributed by atoms with van der Waals surface area (Å²) in [5.74, 6) is -0.878. The highest BCUT2D eigenvalue weighted by molar-refractivity contribution is 5.87. The molecule has 0 atom stereocenters. The number of rotatable bonds is 6.